The highest BCUT2D eigenvalue weighted by Gasteiger charge is 2.71. The molecule has 5 aliphatic carbocycles. The van der Waals surface area contributed by atoms with Gasteiger partial charge in [0.15, 0.2) is 0 Å². The summed E-state index contributed by atoms with van der Waals surface area (Å²) in [7, 11) is 0. The molecule has 6 aliphatic rings. The molecule has 0 aromatic heterocycles. The van der Waals surface area contributed by atoms with Gasteiger partial charge in [0.25, 0.3) is 5.91 Å². The van der Waals surface area contributed by atoms with Crippen LogP contribution in [0.25, 0.3) is 0 Å². The number of hydrogen-bond donors (Lipinski definition) is 4. The number of ether oxygens (including phenoxy) is 1. The summed E-state index contributed by atoms with van der Waals surface area (Å²) in [6.07, 6.45) is 8.36. The van der Waals surface area contributed by atoms with E-state index in [9.17, 15) is 18.8 Å². The van der Waals surface area contributed by atoms with Crippen LogP contribution in [0.5, 0.6) is 0 Å². The van der Waals surface area contributed by atoms with Crippen LogP contribution in [0.4, 0.5) is 4.39 Å². The van der Waals surface area contributed by atoms with Crippen LogP contribution >= 0.6 is 0 Å². The molecule has 3 amide bonds. The van der Waals surface area contributed by atoms with Crippen LogP contribution in [0.15, 0.2) is 24.3 Å². The van der Waals surface area contributed by atoms with Crippen molar-refractivity contribution >= 4 is 17.7 Å². The van der Waals surface area contributed by atoms with Gasteiger partial charge in [-0.25, -0.2) is 4.39 Å². The highest BCUT2D eigenvalue weighted by Crippen LogP contribution is 2.67. The van der Waals surface area contributed by atoms with E-state index in [1.807, 2.05) is 13.8 Å². The van der Waals surface area contributed by atoms with Crippen molar-refractivity contribution in [1.29, 1.82) is 0 Å². The lowest BCUT2D eigenvalue weighted by Crippen LogP contribution is -2.65. The summed E-state index contributed by atoms with van der Waals surface area (Å²) in [5.74, 6) is -1.18. The molecule has 10 nitrogen and oxygen atoms in total. The fourth-order valence-electron chi connectivity index (χ4n) is 8.52. The fourth-order valence-corrected chi connectivity index (χ4v) is 8.52. The number of carbonyl (C=O) groups excluding carboxylic acids is 3. The van der Waals surface area contributed by atoms with Crippen molar-refractivity contribution in [2.24, 2.45) is 34.8 Å². The summed E-state index contributed by atoms with van der Waals surface area (Å²) in [6.45, 7) is 5.12. The first-order valence-electron chi connectivity index (χ1n) is 16.3. The van der Waals surface area contributed by atoms with E-state index in [4.69, 9.17) is 20.2 Å². The lowest BCUT2D eigenvalue weighted by molar-refractivity contribution is -0.393. The smallest absolute Gasteiger partial charge is 0.251 e. The number of nitrogens with one attached hydrogen (secondary N) is 3. The number of nitrogens with two attached hydrogens (primary N) is 1. The molecule has 2 spiro atoms. The summed E-state index contributed by atoms with van der Waals surface area (Å²) >= 11 is 0. The average Bonchev–Trinajstić information content (AvgIpc) is 3.35. The molecule has 0 radical (unpaired) electrons. The Kier molecular flexibility index (Phi) is 8.53. The molecule has 4 bridgehead atoms. The van der Waals surface area contributed by atoms with E-state index >= 15 is 0 Å². The average molecular weight is 615 g/mol. The Morgan fingerprint density at radius 3 is 2.27 bits per heavy atom. The molecule has 5 saturated carbocycles. The van der Waals surface area contributed by atoms with E-state index < -0.39 is 22.5 Å². The van der Waals surface area contributed by atoms with E-state index in [1.165, 1.54) is 24.3 Å². The van der Waals surface area contributed by atoms with Crippen molar-refractivity contribution in [2.45, 2.75) is 102 Å². The highest BCUT2D eigenvalue weighted by atomic mass is 19.1. The molecule has 11 heteroatoms. The maximum absolute atomic E-state index is 13.6. The number of benzene rings is 1. The molecule has 1 aromatic carbocycles. The second kappa shape index (κ2) is 12.0. The first-order chi connectivity index (χ1) is 20.9. The molecule has 6 fully saturated rings. The molecule has 7 rings (SSSR count). The van der Waals surface area contributed by atoms with Crippen LogP contribution in [0.1, 0.15) is 94.8 Å². The Hall–Kier alpha value is -2.60. The number of halogens is 1. The number of carbonyl (C=O) groups is 3. The molecule has 242 valence electrons. The van der Waals surface area contributed by atoms with E-state index in [2.05, 4.69) is 16.0 Å². The summed E-state index contributed by atoms with van der Waals surface area (Å²) in [5.41, 5.74) is 5.54. The van der Waals surface area contributed by atoms with Crippen LogP contribution < -0.4 is 21.7 Å². The van der Waals surface area contributed by atoms with Crippen LogP contribution in [0.2, 0.25) is 0 Å². The topological polar surface area (TPSA) is 141 Å². The molecule has 1 saturated heterocycles. The minimum atomic E-state index is -0.803. The van der Waals surface area contributed by atoms with E-state index in [0.29, 0.717) is 69.6 Å². The van der Waals surface area contributed by atoms with Gasteiger partial charge in [-0.2, -0.15) is 9.78 Å². The zero-order valence-electron chi connectivity index (χ0n) is 25.9. The van der Waals surface area contributed by atoms with Crippen molar-refractivity contribution in [3.05, 3.63) is 35.6 Å². The van der Waals surface area contributed by atoms with Gasteiger partial charge in [0.1, 0.15) is 5.82 Å². The lowest BCUT2D eigenvalue weighted by Gasteiger charge is -2.61. The lowest BCUT2D eigenvalue weighted by atomic mass is 9.47. The van der Waals surface area contributed by atoms with Crippen molar-refractivity contribution in [2.75, 3.05) is 19.6 Å². The third kappa shape index (κ3) is 6.38. The maximum atomic E-state index is 13.6. The summed E-state index contributed by atoms with van der Waals surface area (Å²) in [4.78, 5) is 50.5. The molecule has 2 atom stereocenters. The maximum Gasteiger partial charge on any atom is 0.251 e. The zero-order chi connectivity index (χ0) is 31.2. The van der Waals surface area contributed by atoms with Crippen LogP contribution in [-0.2, 0) is 24.1 Å². The first-order valence-corrected chi connectivity index (χ1v) is 16.3. The van der Waals surface area contributed by atoms with Crippen molar-refractivity contribution in [3.8, 4) is 0 Å². The second-order valence-electron chi connectivity index (χ2n) is 14.8. The summed E-state index contributed by atoms with van der Waals surface area (Å²) in [6, 6.07) is 5.43. The fraction of sp³-hybridized carbons (Fsp3) is 0.727. The first kappa shape index (κ1) is 31.4. The zero-order valence-corrected chi connectivity index (χ0v) is 25.9. The minimum absolute atomic E-state index is 0.0322. The van der Waals surface area contributed by atoms with Crippen molar-refractivity contribution in [1.82, 2.24) is 16.0 Å². The third-order valence-electron chi connectivity index (χ3n) is 10.6. The van der Waals surface area contributed by atoms with Gasteiger partial charge in [0.2, 0.25) is 23.4 Å². The Labute approximate surface area is 258 Å². The largest absolute Gasteiger partial charge is 0.356 e. The van der Waals surface area contributed by atoms with Gasteiger partial charge < -0.3 is 26.4 Å². The van der Waals surface area contributed by atoms with Gasteiger partial charge in [-0.05, 0) is 101 Å². The minimum Gasteiger partial charge on any atom is -0.356 e. The summed E-state index contributed by atoms with van der Waals surface area (Å²) in [5, 5.41) is 8.91. The van der Waals surface area contributed by atoms with Gasteiger partial charge in [0, 0.05) is 61.8 Å². The van der Waals surface area contributed by atoms with Crippen molar-refractivity contribution in [3.63, 3.8) is 0 Å². The van der Waals surface area contributed by atoms with Crippen LogP contribution in [-0.4, -0.2) is 54.5 Å². The van der Waals surface area contributed by atoms with Gasteiger partial charge in [-0.15, -0.1) is 0 Å². The monoisotopic (exact) mass is 614 g/mol. The van der Waals surface area contributed by atoms with Crippen LogP contribution in [0, 0.1) is 34.9 Å². The molecule has 1 aliphatic heterocycles. The quantitative estimate of drug-likeness (QED) is 0.233. The van der Waals surface area contributed by atoms with E-state index in [-0.39, 0.29) is 41.3 Å². The Morgan fingerprint density at radius 1 is 0.955 bits per heavy atom. The Balaban J connectivity index is 0.978. The van der Waals surface area contributed by atoms with Gasteiger partial charge in [-0.3, -0.25) is 14.4 Å². The number of hydrogen-bond acceptors (Lipinski definition) is 7. The second-order valence-corrected chi connectivity index (χ2v) is 14.8. The SMILES string of the molecule is CC(C)(N)CNC(=O)CC1CC[C@]2(CC1)OO[C@]1(O2)C2CC3CC1CC(C(=O)NCCCNC(=O)c1ccc(F)cc1)(C3)C2. The molecule has 1 aromatic rings. The van der Waals surface area contributed by atoms with Crippen molar-refractivity contribution < 1.29 is 33.3 Å². The molecule has 2 unspecified atom stereocenters. The third-order valence-corrected chi connectivity index (χ3v) is 10.6. The van der Waals surface area contributed by atoms with Gasteiger partial charge >= 0.3 is 0 Å². The van der Waals surface area contributed by atoms with Gasteiger partial charge in [0.05, 0.1) is 5.41 Å². The molecular weight excluding hydrogens is 567 g/mol. The molecule has 44 heavy (non-hydrogen) atoms. The normalized spacial score (nSPS) is 35.6. The number of rotatable bonds is 10. The number of amides is 3. The Bertz CT molecular complexity index is 1230. The predicted octanol–water partition coefficient (Wildman–Crippen LogP) is 3.69. The standard InChI is InChI=1S/C33H47FN4O6/c1-30(2,35)20-38-27(39)16-21-8-10-32(11-9-21)42-33(44-43-32)24-14-22-15-25(33)19-31(17-22,18-24)29(41)37-13-3-12-36-28(40)23-4-6-26(34)7-5-23/h4-7,21-22,24-25H,3,8-20,35H2,1-2H3,(H,36,40)(H,37,41)(H,38,39)/t21?,22?,24?,25?,31?,32-,33-. The van der Waals surface area contributed by atoms with Gasteiger partial charge in [-0.1, -0.05) is 0 Å². The van der Waals surface area contributed by atoms with E-state index in [1.54, 1.807) is 0 Å². The predicted molar refractivity (Wildman–Crippen MR) is 159 cm³/mol. The molecule has 5 N–H and O–H groups in total. The van der Waals surface area contributed by atoms with Crippen LogP contribution in [0.3, 0.4) is 0 Å². The Morgan fingerprint density at radius 2 is 1.61 bits per heavy atom. The molecular formula is C33H47FN4O6. The summed E-state index contributed by atoms with van der Waals surface area (Å²) < 4.78 is 20.0. The molecule has 1 heterocycles. The van der Waals surface area contributed by atoms with E-state index in [0.717, 1.165) is 32.1 Å². The highest BCUT2D eigenvalue weighted by molar-refractivity contribution is 5.94.